The van der Waals surface area contributed by atoms with Gasteiger partial charge in [-0.2, -0.15) is 5.10 Å². The molecule has 23 heavy (non-hydrogen) atoms. The molecule has 1 aromatic heterocycles. The smallest absolute Gasteiger partial charge is 0.274 e. The van der Waals surface area contributed by atoms with E-state index in [1.54, 1.807) is 21.7 Å². The predicted octanol–water partition coefficient (Wildman–Crippen LogP) is 2.39. The Hall–Kier alpha value is -2.21. The minimum atomic E-state index is -0.287. The number of benzene rings is 1. The highest BCUT2D eigenvalue weighted by molar-refractivity contribution is 5.92. The van der Waals surface area contributed by atoms with E-state index in [1.807, 2.05) is 26.1 Å². The molecule has 1 aliphatic heterocycles. The summed E-state index contributed by atoms with van der Waals surface area (Å²) in [5.41, 5.74) is 1.23. The van der Waals surface area contributed by atoms with Crippen LogP contribution in [0.5, 0.6) is 0 Å². The van der Waals surface area contributed by atoms with Crippen molar-refractivity contribution in [3.63, 3.8) is 0 Å². The molecule has 0 bridgehead atoms. The van der Waals surface area contributed by atoms with Crippen molar-refractivity contribution in [2.45, 2.75) is 25.9 Å². The molecular weight excluding hydrogens is 295 g/mol. The van der Waals surface area contributed by atoms with E-state index >= 15 is 0 Å². The van der Waals surface area contributed by atoms with Gasteiger partial charge in [0.15, 0.2) is 0 Å². The summed E-state index contributed by atoms with van der Waals surface area (Å²) in [4.78, 5) is 14.6. The van der Waals surface area contributed by atoms with E-state index in [0.29, 0.717) is 18.8 Å². The second-order valence-corrected chi connectivity index (χ2v) is 6.05. The van der Waals surface area contributed by atoms with Crippen LogP contribution in [0.2, 0.25) is 0 Å². The van der Waals surface area contributed by atoms with E-state index in [4.69, 9.17) is 0 Å². The van der Waals surface area contributed by atoms with Crippen LogP contribution in [0.25, 0.3) is 0 Å². The first-order valence-electron chi connectivity index (χ1n) is 7.88. The summed E-state index contributed by atoms with van der Waals surface area (Å²) in [5, 5.41) is 7.63. The molecule has 1 aliphatic rings. The van der Waals surface area contributed by atoms with Crippen LogP contribution >= 0.6 is 0 Å². The SMILES string of the molecule is CC(C)n1ccc(C(=O)N2CCNCC2c2cccc(F)c2)n1. The Balaban J connectivity index is 1.87. The summed E-state index contributed by atoms with van der Waals surface area (Å²) in [6.07, 6.45) is 1.82. The first kappa shape index (κ1) is 15.7. The number of carbonyl (C=O) groups is 1. The number of halogens is 1. The molecule has 0 spiro atoms. The Morgan fingerprint density at radius 1 is 1.39 bits per heavy atom. The molecule has 6 heteroatoms. The Labute approximate surface area is 135 Å². The van der Waals surface area contributed by atoms with Gasteiger partial charge in [0.1, 0.15) is 11.5 Å². The Bertz CT molecular complexity index is 697. The van der Waals surface area contributed by atoms with Gasteiger partial charge in [0.05, 0.1) is 6.04 Å². The van der Waals surface area contributed by atoms with Crippen LogP contribution < -0.4 is 5.32 Å². The highest BCUT2D eigenvalue weighted by Crippen LogP contribution is 2.24. The van der Waals surface area contributed by atoms with Gasteiger partial charge in [0, 0.05) is 31.9 Å². The summed E-state index contributed by atoms with van der Waals surface area (Å²) in [6.45, 7) is 5.94. The fraction of sp³-hybridized carbons (Fsp3) is 0.412. The van der Waals surface area contributed by atoms with Gasteiger partial charge >= 0.3 is 0 Å². The summed E-state index contributed by atoms with van der Waals surface area (Å²) < 4.78 is 15.3. The van der Waals surface area contributed by atoms with Gasteiger partial charge < -0.3 is 10.2 Å². The number of piperazine rings is 1. The van der Waals surface area contributed by atoms with E-state index in [-0.39, 0.29) is 23.8 Å². The minimum absolute atomic E-state index is 0.111. The molecule has 1 fully saturated rings. The second-order valence-electron chi connectivity index (χ2n) is 6.05. The Morgan fingerprint density at radius 2 is 2.22 bits per heavy atom. The lowest BCUT2D eigenvalue weighted by molar-refractivity contribution is 0.0626. The first-order valence-corrected chi connectivity index (χ1v) is 7.88. The standard InChI is InChI=1S/C17H21FN4O/c1-12(2)22-8-6-15(20-22)17(23)21-9-7-19-11-16(21)13-4-3-5-14(18)10-13/h3-6,8,10,12,16,19H,7,9,11H2,1-2H3. The lowest BCUT2D eigenvalue weighted by Crippen LogP contribution is -2.48. The molecule has 5 nitrogen and oxygen atoms in total. The molecule has 1 saturated heterocycles. The van der Waals surface area contributed by atoms with Crippen molar-refractivity contribution in [1.29, 1.82) is 0 Å². The molecule has 3 rings (SSSR count). The second kappa shape index (κ2) is 6.50. The third-order valence-electron chi connectivity index (χ3n) is 4.09. The van der Waals surface area contributed by atoms with E-state index in [1.165, 1.54) is 12.1 Å². The Kier molecular flexibility index (Phi) is 4.43. The topological polar surface area (TPSA) is 50.2 Å². The van der Waals surface area contributed by atoms with E-state index in [0.717, 1.165) is 12.1 Å². The molecule has 0 aliphatic carbocycles. The van der Waals surface area contributed by atoms with E-state index in [9.17, 15) is 9.18 Å². The number of rotatable bonds is 3. The van der Waals surface area contributed by atoms with Gasteiger partial charge in [-0.25, -0.2) is 4.39 Å². The maximum atomic E-state index is 13.5. The molecule has 1 aromatic carbocycles. The summed E-state index contributed by atoms with van der Waals surface area (Å²) in [7, 11) is 0. The van der Waals surface area contributed by atoms with Crippen molar-refractivity contribution in [3.8, 4) is 0 Å². The van der Waals surface area contributed by atoms with Crippen molar-refractivity contribution >= 4 is 5.91 Å². The zero-order chi connectivity index (χ0) is 16.4. The number of amides is 1. The van der Waals surface area contributed by atoms with Crippen molar-refractivity contribution in [1.82, 2.24) is 20.0 Å². The van der Waals surface area contributed by atoms with Crippen molar-refractivity contribution in [2.24, 2.45) is 0 Å². The average molecular weight is 316 g/mol. The average Bonchev–Trinajstić information content (AvgIpc) is 3.04. The molecule has 122 valence electrons. The predicted molar refractivity (Wildman–Crippen MR) is 85.7 cm³/mol. The van der Waals surface area contributed by atoms with Crippen LogP contribution in [0.3, 0.4) is 0 Å². The van der Waals surface area contributed by atoms with E-state index < -0.39 is 0 Å². The number of hydrogen-bond acceptors (Lipinski definition) is 3. The maximum absolute atomic E-state index is 13.5. The van der Waals surface area contributed by atoms with Gasteiger partial charge in [-0.15, -0.1) is 0 Å². The van der Waals surface area contributed by atoms with Crippen LogP contribution in [0.1, 0.15) is 42.0 Å². The highest BCUT2D eigenvalue weighted by atomic mass is 19.1. The van der Waals surface area contributed by atoms with Gasteiger partial charge in [0.25, 0.3) is 5.91 Å². The molecule has 2 heterocycles. The fourth-order valence-electron chi connectivity index (χ4n) is 2.85. The van der Waals surface area contributed by atoms with Crippen LogP contribution in [-0.4, -0.2) is 40.2 Å². The van der Waals surface area contributed by atoms with Crippen LogP contribution in [0, 0.1) is 5.82 Å². The normalized spacial score (nSPS) is 18.4. The molecule has 0 radical (unpaired) electrons. The Morgan fingerprint density at radius 3 is 2.91 bits per heavy atom. The van der Waals surface area contributed by atoms with Gasteiger partial charge in [-0.05, 0) is 37.6 Å². The third-order valence-corrected chi connectivity index (χ3v) is 4.09. The van der Waals surface area contributed by atoms with Crippen molar-refractivity contribution in [3.05, 3.63) is 53.6 Å². The zero-order valence-electron chi connectivity index (χ0n) is 13.4. The summed E-state index contributed by atoms with van der Waals surface area (Å²) >= 11 is 0. The minimum Gasteiger partial charge on any atom is -0.328 e. The summed E-state index contributed by atoms with van der Waals surface area (Å²) in [5.74, 6) is -0.398. The largest absolute Gasteiger partial charge is 0.328 e. The molecule has 1 atom stereocenters. The lowest BCUT2D eigenvalue weighted by atomic mass is 10.0. The number of carbonyl (C=O) groups excluding carboxylic acids is 1. The molecule has 2 aromatic rings. The molecule has 1 N–H and O–H groups in total. The van der Waals surface area contributed by atoms with Crippen LogP contribution in [0.4, 0.5) is 4.39 Å². The fourth-order valence-corrected chi connectivity index (χ4v) is 2.85. The van der Waals surface area contributed by atoms with Gasteiger partial charge in [-0.3, -0.25) is 9.48 Å². The highest BCUT2D eigenvalue weighted by Gasteiger charge is 2.30. The zero-order valence-corrected chi connectivity index (χ0v) is 13.4. The number of nitrogens with zero attached hydrogens (tertiary/aromatic N) is 3. The van der Waals surface area contributed by atoms with E-state index in [2.05, 4.69) is 10.4 Å². The lowest BCUT2D eigenvalue weighted by Gasteiger charge is -2.36. The molecular formula is C17H21FN4O. The van der Waals surface area contributed by atoms with Crippen LogP contribution in [0.15, 0.2) is 36.5 Å². The first-order chi connectivity index (χ1) is 11.1. The quantitative estimate of drug-likeness (QED) is 0.946. The number of aromatic nitrogens is 2. The summed E-state index contributed by atoms with van der Waals surface area (Å²) in [6, 6.07) is 8.20. The number of nitrogens with one attached hydrogen (secondary N) is 1. The monoisotopic (exact) mass is 316 g/mol. The van der Waals surface area contributed by atoms with Crippen molar-refractivity contribution < 1.29 is 9.18 Å². The molecule has 1 unspecified atom stereocenters. The molecule has 0 saturated carbocycles. The maximum Gasteiger partial charge on any atom is 0.274 e. The number of hydrogen-bond donors (Lipinski definition) is 1. The van der Waals surface area contributed by atoms with Crippen molar-refractivity contribution in [2.75, 3.05) is 19.6 Å². The molecule has 1 amide bonds. The van der Waals surface area contributed by atoms with Crippen LogP contribution in [-0.2, 0) is 0 Å². The van der Waals surface area contributed by atoms with Gasteiger partial charge in [-0.1, -0.05) is 12.1 Å². The third kappa shape index (κ3) is 3.27. The van der Waals surface area contributed by atoms with Gasteiger partial charge in [0.2, 0.25) is 0 Å².